The summed E-state index contributed by atoms with van der Waals surface area (Å²) in [5.41, 5.74) is 1.59. The Labute approximate surface area is 163 Å². The van der Waals surface area contributed by atoms with Gasteiger partial charge in [-0.05, 0) is 12.5 Å². The third kappa shape index (κ3) is 3.77. The standard InChI is InChI=1S/C20H24N6O2/c1-28-13-10-22-19-21-9-8-17(24-19)25-11-5-12-26-18(27)14-16(23-20(25)26)15-6-3-2-4-7-15/h2-4,6-8,14H,5,9-13H2,1H3,(H2,21,22,24). The van der Waals surface area contributed by atoms with Crippen molar-refractivity contribution < 1.29 is 4.74 Å². The first-order valence-corrected chi connectivity index (χ1v) is 9.45. The molecule has 0 spiro atoms. The SMILES string of the molecule is COCCNC1=NCC=C(N2CCCn3c2nc(-c2ccccc2)cc3=O)N1. The normalized spacial score (nSPS) is 16.0. The van der Waals surface area contributed by atoms with Gasteiger partial charge in [0.15, 0.2) is 5.96 Å². The minimum Gasteiger partial charge on any atom is -0.383 e. The van der Waals surface area contributed by atoms with Crippen LogP contribution in [0.2, 0.25) is 0 Å². The molecule has 0 aliphatic carbocycles. The number of hydrogen-bond donors (Lipinski definition) is 2. The van der Waals surface area contributed by atoms with Crippen LogP contribution in [-0.2, 0) is 11.3 Å². The monoisotopic (exact) mass is 380 g/mol. The van der Waals surface area contributed by atoms with Gasteiger partial charge >= 0.3 is 0 Å². The van der Waals surface area contributed by atoms with E-state index in [1.807, 2.05) is 36.4 Å². The zero-order valence-corrected chi connectivity index (χ0v) is 15.9. The summed E-state index contributed by atoms with van der Waals surface area (Å²) < 4.78 is 6.81. The van der Waals surface area contributed by atoms with Crippen molar-refractivity contribution >= 4 is 11.9 Å². The Bertz CT molecular complexity index is 951. The third-order valence-electron chi connectivity index (χ3n) is 4.73. The van der Waals surface area contributed by atoms with Crippen molar-refractivity contribution in [3.05, 3.63) is 58.6 Å². The number of methoxy groups -OCH3 is 1. The van der Waals surface area contributed by atoms with Gasteiger partial charge in [-0.2, -0.15) is 0 Å². The summed E-state index contributed by atoms with van der Waals surface area (Å²) in [4.78, 5) is 24.1. The molecule has 8 heteroatoms. The number of nitrogens with zero attached hydrogens (tertiary/aromatic N) is 4. The number of fused-ring (bicyclic) bond motifs is 1. The van der Waals surface area contributed by atoms with Crippen LogP contribution in [0.4, 0.5) is 5.95 Å². The molecule has 0 saturated carbocycles. The summed E-state index contributed by atoms with van der Waals surface area (Å²) >= 11 is 0. The Kier molecular flexibility index (Phi) is 5.38. The van der Waals surface area contributed by atoms with Gasteiger partial charge in [0.25, 0.3) is 5.56 Å². The molecule has 0 atom stereocenters. The second-order valence-electron chi connectivity index (χ2n) is 6.63. The predicted octanol–water partition coefficient (Wildman–Crippen LogP) is 1.16. The number of benzene rings is 1. The zero-order chi connectivity index (χ0) is 19.3. The van der Waals surface area contributed by atoms with E-state index in [-0.39, 0.29) is 5.56 Å². The van der Waals surface area contributed by atoms with E-state index in [9.17, 15) is 4.79 Å². The molecule has 0 saturated heterocycles. The van der Waals surface area contributed by atoms with E-state index in [4.69, 9.17) is 9.72 Å². The van der Waals surface area contributed by atoms with E-state index in [0.717, 1.165) is 24.4 Å². The summed E-state index contributed by atoms with van der Waals surface area (Å²) in [7, 11) is 1.67. The molecule has 0 radical (unpaired) electrons. The predicted molar refractivity (Wildman–Crippen MR) is 109 cm³/mol. The average molecular weight is 380 g/mol. The first-order valence-electron chi connectivity index (χ1n) is 9.45. The molecule has 1 aromatic carbocycles. The lowest BCUT2D eigenvalue weighted by atomic mass is 10.1. The second-order valence-corrected chi connectivity index (χ2v) is 6.63. The van der Waals surface area contributed by atoms with Gasteiger partial charge in [0.05, 0.1) is 18.8 Å². The van der Waals surface area contributed by atoms with Gasteiger partial charge in [0.1, 0.15) is 5.82 Å². The molecule has 8 nitrogen and oxygen atoms in total. The maximum Gasteiger partial charge on any atom is 0.255 e. The fourth-order valence-electron chi connectivity index (χ4n) is 3.37. The van der Waals surface area contributed by atoms with Gasteiger partial charge in [-0.1, -0.05) is 30.3 Å². The molecular formula is C20H24N6O2. The topological polar surface area (TPSA) is 83.8 Å². The van der Waals surface area contributed by atoms with Gasteiger partial charge in [-0.25, -0.2) is 9.98 Å². The second kappa shape index (κ2) is 8.26. The Morgan fingerprint density at radius 1 is 1.25 bits per heavy atom. The van der Waals surface area contributed by atoms with Crippen LogP contribution in [0.15, 0.2) is 58.1 Å². The number of guanidine groups is 1. The molecule has 2 aliphatic heterocycles. The zero-order valence-electron chi connectivity index (χ0n) is 15.9. The fraction of sp³-hybridized carbons (Fsp3) is 0.350. The van der Waals surface area contributed by atoms with Crippen molar-refractivity contribution in [2.24, 2.45) is 4.99 Å². The van der Waals surface area contributed by atoms with Gasteiger partial charge in [-0.3, -0.25) is 14.3 Å². The first kappa shape index (κ1) is 18.2. The number of nitrogens with one attached hydrogen (secondary N) is 2. The molecule has 2 aliphatic rings. The molecule has 28 heavy (non-hydrogen) atoms. The lowest BCUT2D eigenvalue weighted by Crippen LogP contribution is -2.48. The largest absolute Gasteiger partial charge is 0.383 e. The van der Waals surface area contributed by atoms with Crippen molar-refractivity contribution in [3.8, 4) is 11.3 Å². The third-order valence-corrected chi connectivity index (χ3v) is 4.73. The minimum atomic E-state index is -0.0305. The molecule has 0 fully saturated rings. The van der Waals surface area contributed by atoms with E-state index in [1.165, 1.54) is 0 Å². The van der Waals surface area contributed by atoms with Crippen LogP contribution in [0.5, 0.6) is 0 Å². The highest BCUT2D eigenvalue weighted by Crippen LogP contribution is 2.24. The first-order chi connectivity index (χ1) is 13.8. The highest BCUT2D eigenvalue weighted by Gasteiger charge is 2.25. The molecular weight excluding hydrogens is 356 g/mol. The average Bonchev–Trinajstić information content (AvgIpc) is 2.74. The van der Waals surface area contributed by atoms with E-state index in [1.54, 1.807) is 17.7 Å². The van der Waals surface area contributed by atoms with Crippen molar-refractivity contribution in [1.29, 1.82) is 0 Å². The number of rotatable bonds is 5. The minimum absolute atomic E-state index is 0.0305. The fourth-order valence-corrected chi connectivity index (χ4v) is 3.37. The highest BCUT2D eigenvalue weighted by atomic mass is 16.5. The molecule has 4 rings (SSSR count). The number of ether oxygens (including phenoxy) is 1. The Balaban J connectivity index is 1.62. The van der Waals surface area contributed by atoms with Crippen LogP contribution >= 0.6 is 0 Å². The smallest absolute Gasteiger partial charge is 0.255 e. The molecule has 1 aromatic heterocycles. The van der Waals surface area contributed by atoms with E-state index in [0.29, 0.717) is 43.8 Å². The van der Waals surface area contributed by atoms with Crippen LogP contribution in [0.1, 0.15) is 6.42 Å². The van der Waals surface area contributed by atoms with Crippen LogP contribution in [0.3, 0.4) is 0 Å². The van der Waals surface area contributed by atoms with Gasteiger partial charge in [-0.15, -0.1) is 0 Å². The van der Waals surface area contributed by atoms with E-state index >= 15 is 0 Å². The van der Waals surface area contributed by atoms with Crippen LogP contribution < -0.4 is 21.1 Å². The Morgan fingerprint density at radius 2 is 2.11 bits per heavy atom. The Hall–Kier alpha value is -3.13. The molecule has 146 valence electrons. The van der Waals surface area contributed by atoms with E-state index in [2.05, 4.69) is 20.5 Å². The van der Waals surface area contributed by atoms with Crippen LogP contribution in [0.25, 0.3) is 11.3 Å². The lowest BCUT2D eigenvalue weighted by molar-refractivity contribution is 0.203. The summed E-state index contributed by atoms with van der Waals surface area (Å²) in [6.07, 6.45) is 2.89. The van der Waals surface area contributed by atoms with Gasteiger partial charge in [0.2, 0.25) is 5.95 Å². The molecule has 0 unspecified atom stereocenters. The number of aromatic nitrogens is 2. The highest BCUT2D eigenvalue weighted by molar-refractivity contribution is 5.83. The van der Waals surface area contributed by atoms with Gasteiger partial charge in [0, 0.05) is 38.4 Å². The van der Waals surface area contributed by atoms with Crippen molar-refractivity contribution in [3.63, 3.8) is 0 Å². The maximum absolute atomic E-state index is 12.7. The number of hydrogen-bond acceptors (Lipinski definition) is 7. The summed E-state index contributed by atoms with van der Waals surface area (Å²) in [5.74, 6) is 2.25. The van der Waals surface area contributed by atoms with Crippen LogP contribution in [-0.4, -0.2) is 48.9 Å². The van der Waals surface area contributed by atoms with Crippen molar-refractivity contribution in [1.82, 2.24) is 20.2 Å². The van der Waals surface area contributed by atoms with E-state index < -0.39 is 0 Å². The Morgan fingerprint density at radius 3 is 2.93 bits per heavy atom. The molecule has 0 bridgehead atoms. The van der Waals surface area contributed by atoms with Crippen molar-refractivity contribution in [2.45, 2.75) is 13.0 Å². The van der Waals surface area contributed by atoms with Gasteiger partial charge < -0.3 is 15.4 Å². The maximum atomic E-state index is 12.7. The number of anilines is 1. The lowest BCUT2D eigenvalue weighted by Gasteiger charge is -2.34. The number of aliphatic imine (C=N–C) groups is 1. The quantitative estimate of drug-likeness (QED) is 0.758. The van der Waals surface area contributed by atoms with Crippen LogP contribution in [0, 0.1) is 0 Å². The molecule has 0 amide bonds. The molecule has 3 heterocycles. The van der Waals surface area contributed by atoms with Crippen molar-refractivity contribution in [2.75, 3.05) is 38.3 Å². The summed E-state index contributed by atoms with van der Waals surface area (Å²) in [6.45, 7) is 3.30. The summed E-state index contributed by atoms with van der Waals surface area (Å²) in [6, 6.07) is 11.4. The summed E-state index contributed by atoms with van der Waals surface area (Å²) in [5, 5.41) is 6.54. The molecule has 2 N–H and O–H groups in total. The molecule has 2 aromatic rings.